The van der Waals surface area contributed by atoms with Crippen molar-refractivity contribution in [3.63, 3.8) is 0 Å². The standard InChI is InChI=1S/C21H30N4O3/c1-3-27-14-4-11-22-21(26)18-9-12-25(13-10-18)15-19-23-20(24-28-19)17-7-5-16(2)6-8-17/h5-8,18H,3-4,9-15H2,1-2H3,(H,22,26). The Morgan fingerprint density at radius 2 is 2.04 bits per heavy atom. The second kappa shape index (κ2) is 10.3. The lowest BCUT2D eigenvalue weighted by Gasteiger charge is -2.30. The lowest BCUT2D eigenvalue weighted by atomic mass is 9.96. The van der Waals surface area contributed by atoms with Crippen LogP contribution in [0.25, 0.3) is 11.4 Å². The molecule has 1 aliphatic heterocycles. The quantitative estimate of drug-likeness (QED) is 0.668. The highest BCUT2D eigenvalue weighted by atomic mass is 16.5. The summed E-state index contributed by atoms with van der Waals surface area (Å²) in [6.07, 6.45) is 2.57. The number of hydrogen-bond acceptors (Lipinski definition) is 6. The number of carbonyl (C=O) groups is 1. The fraction of sp³-hybridized carbons (Fsp3) is 0.571. The molecule has 2 heterocycles. The predicted octanol–water partition coefficient (Wildman–Crippen LogP) is 2.80. The summed E-state index contributed by atoms with van der Waals surface area (Å²) in [7, 11) is 0. The average Bonchev–Trinajstić information content (AvgIpc) is 3.17. The Bertz CT molecular complexity index is 736. The number of likely N-dealkylation sites (tertiary alicyclic amines) is 1. The normalized spacial score (nSPS) is 15.6. The third kappa shape index (κ3) is 5.87. The lowest BCUT2D eigenvalue weighted by Crippen LogP contribution is -2.40. The lowest BCUT2D eigenvalue weighted by molar-refractivity contribution is -0.126. The maximum absolute atomic E-state index is 12.3. The van der Waals surface area contributed by atoms with E-state index in [0.717, 1.165) is 44.5 Å². The van der Waals surface area contributed by atoms with Gasteiger partial charge in [-0.2, -0.15) is 4.98 Å². The maximum atomic E-state index is 12.3. The van der Waals surface area contributed by atoms with Crippen LogP contribution in [0.15, 0.2) is 28.8 Å². The molecule has 0 radical (unpaired) electrons. The van der Waals surface area contributed by atoms with E-state index in [0.29, 0.717) is 31.4 Å². The van der Waals surface area contributed by atoms with E-state index in [1.165, 1.54) is 5.56 Å². The van der Waals surface area contributed by atoms with E-state index < -0.39 is 0 Å². The molecule has 1 amide bonds. The van der Waals surface area contributed by atoms with Crippen molar-refractivity contribution < 1.29 is 14.1 Å². The number of hydrogen-bond donors (Lipinski definition) is 1. The molecule has 7 heteroatoms. The first-order valence-electron chi connectivity index (χ1n) is 10.1. The second-order valence-electron chi connectivity index (χ2n) is 7.27. The summed E-state index contributed by atoms with van der Waals surface area (Å²) in [4.78, 5) is 19.1. The van der Waals surface area contributed by atoms with Crippen molar-refractivity contribution in [2.24, 2.45) is 5.92 Å². The molecule has 0 unspecified atom stereocenters. The van der Waals surface area contributed by atoms with Crippen LogP contribution in [0.2, 0.25) is 0 Å². The fourth-order valence-corrected chi connectivity index (χ4v) is 3.36. The van der Waals surface area contributed by atoms with E-state index in [4.69, 9.17) is 9.26 Å². The third-order valence-electron chi connectivity index (χ3n) is 5.06. The number of carbonyl (C=O) groups excluding carboxylic acids is 1. The molecule has 0 bridgehead atoms. The van der Waals surface area contributed by atoms with Crippen molar-refractivity contribution in [3.05, 3.63) is 35.7 Å². The Morgan fingerprint density at radius 3 is 2.75 bits per heavy atom. The number of ether oxygens (including phenoxy) is 1. The van der Waals surface area contributed by atoms with Gasteiger partial charge in [0.25, 0.3) is 0 Å². The van der Waals surface area contributed by atoms with Crippen LogP contribution in [0, 0.1) is 12.8 Å². The number of nitrogens with zero attached hydrogens (tertiary/aromatic N) is 3. The van der Waals surface area contributed by atoms with Crippen LogP contribution >= 0.6 is 0 Å². The van der Waals surface area contributed by atoms with E-state index in [9.17, 15) is 4.79 Å². The fourth-order valence-electron chi connectivity index (χ4n) is 3.36. The van der Waals surface area contributed by atoms with E-state index in [1.807, 2.05) is 31.2 Å². The number of nitrogens with one attached hydrogen (secondary N) is 1. The van der Waals surface area contributed by atoms with Gasteiger partial charge in [-0.25, -0.2) is 0 Å². The van der Waals surface area contributed by atoms with Crippen LogP contribution in [-0.2, 0) is 16.1 Å². The molecule has 1 aromatic carbocycles. The number of piperidine rings is 1. The van der Waals surface area contributed by atoms with Crippen molar-refractivity contribution in [1.82, 2.24) is 20.4 Å². The number of aromatic nitrogens is 2. The van der Waals surface area contributed by atoms with Crippen LogP contribution in [0.5, 0.6) is 0 Å². The smallest absolute Gasteiger partial charge is 0.241 e. The van der Waals surface area contributed by atoms with Gasteiger partial charge in [0.2, 0.25) is 17.6 Å². The van der Waals surface area contributed by atoms with Gasteiger partial charge >= 0.3 is 0 Å². The van der Waals surface area contributed by atoms with E-state index in [2.05, 4.69) is 27.3 Å². The highest BCUT2D eigenvalue weighted by molar-refractivity contribution is 5.78. The second-order valence-corrected chi connectivity index (χ2v) is 7.27. The zero-order valence-corrected chi connectivity index (χ0v) is 16.8. The molecule has 0 atom stereocenters. The van der Waals surface area contributed by atoms with Crippen molar-refractivity contribution in [1.29, 1.82) is 0 Å². The summed E-state index contributed by atoms with van der Waals surface area (Å²) in [5, 5.41) is 7.12. The topological polar surface area (TPSA) is 80.5 Å². The average molecular weight is 386 g/mol. The summed E-state index contributed by atoms with van der Waals surface area (Å²) < 4.78 is 10.7. The first-order chi connectivity index (χ1) is 13.7. The van der Waals surface area contributed by atoms with Crippen LogP contribution in [0.4, 0.5) is 0 Å². The van der Waals surface area contributed by atoms with Gasteiger partial charge in [-0.1, -0.05) is 35.0 Å². The predicted molar refractivity (Wildman–Crippen MR) is 107 cm³/mol. The van der Waals surface area contributed by atoms with Crippen LogP contribution in [0.3, 0.4) is 0 Å². The van der Waals surface area contributed by atoms with Crippen molar-refractivity contribution in [2.45, 2.75) is 39.7 Å². The molecular formula is C21H30N4O3. The molecule has 0 spiro atoms. The highest BCUT2D eigenvalue weighted by Crippen LogP contribution is 2.21. The maximum Gasteiger partial charge on any atom is 0.241 e. The van der Waals surface area contributed by atoms with Crippen molar-refractivity contribution in [3.8, 4) is 11.4 Å². The van der Waals surface area contributed by atoms with Gasteiger partial charge in [0.05, 0.1) is 6.54 Å². The van der Waals surface area contributed by atoms with Crippen LogP contribution in [0.1, 0.15) is 37.6 Å². The monoisotopic (exact) mass is 386 g/mol. The molecule has 1 saturated heterocycles. The third-order valence-corrected chi connectivity index (χ3v) is 5.06. The van der Waals surface area contributed by atoms with Gasteiger partial charge in [0.15, 0.2) is 0 Å². The van der Waals surface area contributed by atoms with Gasteiger partial charge in [-0.05, 0) is 46.2 Å². The van der Waals surface area contributed by atoms with E-state index >= 15 is 0 Å². The molecular weight excluding hydrogens is 356 g/mol. The molecule has 28 heavy (non-hydrogen) atoms. The molecule has 0 aliphatic carbocycles. The zero-order chi connectivity index (χ0) is 19.8. The van der Waals surface area contributed by atoms with Crippen LogP contribution < -0.4 is 5.32 Å². The van der Waals surface area contributed by atoms with E-state index in [-0.39, 0.29) is 11.8 Å². The molecule has 0 saturated carbocycles. The molecule has 1 fully saturated rings. The Labute approximate surface area is 166 Å². The Hall–Kier alpha value is -2.25. The number of rotatable bonds is 9. The molecule has 7 nitrogen and oxygen atoms in total. The van der Waals surface area contributed by atoms with Gasteiger partial charge in [0, 0.05) is 31.2 Å². The van der Waals surface area contributed by atoms with Crippen molar-refractivity contribution in [2.75, 3.05) is 32.8 Å². The Morgan fingerprint density at radius 1 is 1.29 bits per heavy atom. The highest BCUT2D eigenvalue weighted by Gasteiger charge is 2.25. The Balaban J connectivity index is 1.41. The van der Waals surface area contributed by atoms with Gasteiger partial charge in [-0.3, -0.25) is 9.69 Å². The first-order valence-corrected chi connectivity index (χ1v) is 10.1. The molecule has 1 N–H and O–H groups in total. The Kier molecular flexibility index (Phi) is 7.56. The van der Waals surface area contributed by atoms with Gasteiger partial charge in [0.1, 0.15) is 0 Å². The summed E-state index contributed by atoms with van der Waals surface area (Å²) in [6.45, 7) is 8.48. The SMILES string of the molecule is CCOCCCNC(=O)C1CCN(Cc2nc(-c3ccc(C)cc3)no2)CC1. The summed E-state index contributed by atoms with van der Waals surface area (Å²) in [5.74, 6) is 1.50. The molecule has 1 aliphatic rings. The first kappa shape index (κ1) is 20.5. The van der Waals surface area contributed by atoms with Crippen molar-refractivity contribution >= 4 is 5.91 Å². The van der Waals surface area contributed by atoms with E-state index in [1.54, 1.807) is 0 Å². The molecule has 2 aromatic rings. The number of benzene rings is 1. The van der Waals surface area contributed by atoms with Gasteiger partial charge < -0.3 is 14.6 Å². The summed E-state index contributed by atoms with van der Waals surface area (Å²) in [6, 6.07) is 8.08. The molecule has 152 valence electrons. The molecule has 1 aromatic heterocycles. The number of aryl methyl sites for hydroxylation is 1. The van der Waals surface area contributed by atoms with Gasteiger partial charge in [-0.15, -0.1) is 0 Å². The van der Waals surface area contributed by atoms with Crippen LogP contribution in [-0.4, -0.2) is 53.8 Å². The minimum Gasteiger partial charge on any atom is -0.382 e. The zero-order valence-electron chi connectivity index (χ0n) is 16.8. The molecule has 3 rings (SSSR count). The summed E-state index contributed by atoms with van der Waals surface area (Å²) >= 11 is 0. The minimum absolute atomic E-state index is 0.0918. The summed E-state index contributed by atoms with van der Waals surface area (Å²) in [5.41, 5.74) is 2.16. The minimum atomic E-state index is 0.0918. The number of amides is 1. The largest absolute Gasteiger partial charge is 0.382 e.